The molecule has 0 bridgehead atoms. The molecule has 1 amide bonds. The van der Waals surface area contributed by atoms with Crippen LogP contribution in [0.2, 0.25) is 0 Å². The van der Waals surface area contributed by atoms with Crippen LogP contribution in [0.5, 0.6) is 0 Å². The van der Waals surface area contributed by atoms with Gasteiger partial charge in [-0.1, -0.05) is 17.7 Å². The Morgan fingerprint density at radius 1 is 0.966 bits per heavy atom. The van der Waals surface area contributed by atoms with Gasteiger partial charge in [0.15, 0.2) is 0 Å². The number of carbonyl (C=O) groups is 1. The minimum atomic E-state index is -0.0870. The third kappa shape index (κ3) is 4.48. The first-order valence-corrected chi connectivity index (χ1v) is 9.59. The van der Waals surface area contributed by atoms with Crippen molar-refractivity contribution in [2.45, 2.75) is 13.8 Å². The van der Waals surface area contributed by atoms with Crippen molar-refractivity contribution in [3.63, 3.8) is 0 Å². The van der Waals surface area contributed by atoms with Gasteiger partial charge in [0, 0.05) is 50.0 Å². The van der Waals surface area contributed by atoms with E-state index in [4.69, 9.17) is 0 Å². The number of hydrogen-bond donors (Lipinski definition) is 1. The zero-order valence-corrected chi connectivity index (χ0v) is 16.5. The Hall–Kier alpha value is -3.55. The summed E-state index contributed by atoms with van der Waals surface area (Å²) in [7, 11) is 0. The molecule has 3 heterocycles. The van der Waals surface area contributed by atoms with Crippen LogP contribution in [0.15, 0.2) is 48.8 Å². The fraction of sp³-hybridized carbons (Fsp3) is 0.286. The van der Waals surface area contributed by atoms with Crippen LogP contribution in [-0.2, 0) is 0 Å². The summed E-state index contributed by atoms with van der Waals surface area (Å²) in [5.41, 5.74) is 3.21. The second-order valence-electron chi connectivity index (χ2n) is 7.04. The predicted molar refractivity (Wildman–Crippen MR) is 111 cm³/mol. The quantitative estimate of drug-likeness (QED) is 0.734. The molecule has 1 saturated heterocycles. The standard InChI is InChI=1S/C21H23N7O/c1-15-4-6-17(7-5-15)25-20-24-16(2)14-18(26-20)19(29)27-10-12-28(13-11-27)21-22-8-3-9-23-21/h3-9,14H,10-13H2,1-2H3,(H,24,25,26). The Morgan fingerprint density at radius 3 is 2.34 bits per heavy atom. The van der Waals surface area contributed by atoms with Gasteiger partial charge in [-0.25, -0.2) is 19.9 Å². The molecule has 0 unspecified atom stereocenters. The third-order valence-electron chi connectivity index (χ3n) is 4.78. The van der Waals surface area contributed by atoms with E-state index in [2.05, 4.69) is 30.2 Å². The molecule has 1 fully saturated rings. The molecular weight excluding hydrogens is 366 g/mol. The topological polar surface area (TPSA) is 87.1 Å². The van der Waals surface area contributed by atoms with Crippen molar-refractivity contribution in [2.75, 3.05) is 36.4 Å². The molecule has 1 N–H and O–H groups in total. The molecule has 0 aliphatic carbocycles. The molecule has 2 aromatic heterocycles. The zero-order chi connectivity index (χ0) is 20.2. The van der Waals surface area contributed by atoms with Gasteiger partial charge in [-0.2, -0.15) is 0 Å². The van der Waals surface area contributed by atoms with Crippen LogP contribution in [0, 0.1) is 13.8 Å². The second kappa shape index (κ2) is 8.22. The summed E-state index contributed by atoms with van der Waals surface area (Å²) in [6, 6.07) is 11.5. The van der Waals surface area contributed by atoms with Gasteiger partial charge in [-0.3, -0.25) is 4.79 Å². The summed E-state index contributed by atoms with van der Waals surface area (Å²) < 4.78 is 0. The van der Waals surface area contributed by atoms with E-state index >= 15 is 0 Å². The molecule has 0 spiro atoms. The number of benzene rings is 1. The van der Waals surface area contributed by atoms with E-state index in [0.717, 1.165) is 11.4 Å². The minimum Gasteiger partial charge on any atom is -0.337 e. The fourth-order valence-corrected chi connectivity index (χ4v) is 3.23. The van der Waals surface area contributed by atoms with Crippen LogP contribution in [-0.4, -0.2) is 56.9 Å². The number of aromatic nitrogens is 4. The van der Waals surface area contributed by atoms with Crippen LogP contribution < -0.4 is 10.2 Å². The Labute approximate surface area is 169 Å². The Balaban J connectivity index is 1.45. The van der Waals surface area contributed by atoms with Gasteiger partial charge in [0.25, 0.3) is 5.91 Å². The number of piperazine rings is 1. The zero-order valence-electron chi connectivity index (χ0n) is 16.5. The van der Waals surface area contributed by atoms with Crippen LogP contribution in [0.25, 0.3) is 0 Å². The van der Waals surface area contributed by atoms with E-state index in [1.165, 1.54) is 5.56 Å². The SMILES string of the molecule is Cc1ccc(Nc2nc(C)cc(C(=O)N3CCN(c4ncccn4)CC3)n2)cc1. The average molecular weight is 389 g/mol. The Kier molecular flexibility index (Phi) is 5.33. The maximum absolute atomic E-state index is 13.0. The van der Waals surface area contributed by atoms with E-state index in [-0.39, 0.29) is 5.91 Å². The molecule has 0 radical (unpaired) electrons. The predicted octanol–water partition coefficient (Wildman–Crippen LogP) is 2.59. The van der Waals surface area contributed by atoms with Gasteiger partial charge >= 0.3 is 0 Å². The van der Waals surface area contributed by atoms with Gasteiger partial charge in [-0.15, -0.1) is 0 Å². The number of anilines is 3. The van der Waals surface area contributed by atoms with Crippen LogP contribution >= 0.6 is 0 Å². The molecule has 0 saturated carbocycles. The fourth-order valence-electron chi connectivity index (χ4n) is 3.23. The first-order valence-electron chi connectivity index (χ1n) is 9.59. The van der Waals surface area contributed by atoms with Crippen molar-refractivity contribution < 1.29 is 4.79 Å². The lowest BCUT2D eigenvalue weighted by Gasteiger charge is -2.34. The summed E-state index contributed by atoms with van der Waals surface area (Å²) in [6.45, 7) is 6.47. The summed E-state index contributed by atoms with van der Waals surface area (Å²) >= 11 is 0. The first-order chi connectivity index (χ1) is 14.1. The van der Waals surface area contributed by atoms with E-state index in [0.29, 0.717) is 43.8 Å². The number of nitrogens with one attached hydrogen (secondary N) is 1. The Bertz CT molecular complexity index is 984. The maximum Gasteiger partial charge on any atom is 0.272 e. The number of rotatable bonds is 4. The number of carbonyl (C=O) groups excluding carboxylic acids is 1. The maximum atomic E-state index is 13.0. The number of aryl methyl sites for hydroxylation is 2. The molecule has 3 aromatic rings. The van der Waals surface area contributed by atoms with Crippen molar-refractivity contribution in [3.8, 4) is 0 Å². The van der Waals surface area contributed by atoms with E-state index in [9.17, 15) is 4.79 Å². The van der Waals surface area contributed by atoms with Gasteiger partial charge in [0.05, 0.1) is 0 Å². The van der Waals surface area contributed by atoms with Crippen molar-refractivity contribution in [1.29, 1.82) is 0 Å². The van der Waals surface area contributed by atoms with Crippen LogP contribution in [0.3, 0.4) is 0 Å². The lowest BCUT2D eigenvalue weighted by atomic mass is 10.2. The summed E-state index contributed by atoms with van der Waals surface area (Å²) in [5, 5.41) is 3.18. The highest BCUT2D eigenvalue weighted by atomic mass is 16.2. The van der Waals surface area contributed by atoms with E-state index in [1.807, 2.05) is 43.0 Å². The van der Waals surface area contributed by atoms with E-state index < -0.39 is 0 Å². The first kappa shape index (κ1) is 18.8. The lowest BCUT2D eigenvalue weighted by molar-refractivity contribution is 0.0740. The van der Waals surface area contributed by atoms with Crippen molar-refractivity contribution in [2.24, 2.45) is 0 Å². The van der Waals surface area contributed by atoms with E-state index in [1.54, 1.807) is 24.5 Å². The van der Waals surface area contributed by atoms with Crippen LogP contribution in [0.4, 0.5) is 17.6 Å². The van der Waals surface area contributed by atoms with Gasteiger partial charge < -0.3 is 15.1 Å². The molecule has 4 rings (SSSR count). The molecule has 1 aliphatic rings. The summed E-state index contributed by atoms with van der Waals surface area (Å²) in [5.74, 6) is 1.03. The third-order valence-corrected chi connectivity index (χ3v) is 4.78. The summed E-state index contributed by atoms with van der Waals surface area (Å²) in [6.07, 6.45) is 3.46. The molecule has 1 aromatic carbocycles. The number of amides is 1. The summed E-state index contributed by atoms with van der Waals surface area (Å²) in [4.78, 5) is 34.3. The monoisotopic (exact) mass is 389 g/mol. The molecule has 1 aliphatic heterocycles. The van der Waals surface area contributed by atoms with Crippen LogP contribution in [0.1, 0.15) is 21.7 Å². The molecule has 8 nitrogen and oxygen atoms in total. The molecule has 0 atom stereocenters. The molecule has 8 heteroatoms. The smallest absolute Gasteiger partial charge is 0.272 e. The normalized spacial score (nSPS) is 14.0. The van der Waals surface area contributed by atoms with Gasteiger partial charge in [-0.05, 0) is 38.1 Å². The highest BCUT2D eigenvalue weighted by Gasteiger charge is 2.24. The highest BCUT2D eigenvalue weighted by molar-refractivity contribution is 5.93. The molecule has 29 heavy (non-hydrogen) atoms. The molecular formula is C21H23N7O. The second-order valence-corrected chi connectivity index (χ2v) is 7.04. The van der Waals surface area contributed by atoms with Crippen molar-refractivity contribution >= 4 is 23.5 Å². The van der Waals surface area contributed by atoms with Gasteiger partial charge in [0.2, 0.25) is 11.9 Å². The lowest BCUT2D eigenvalue weighted by Crippen LogP contribution is -2.49. The Morgan fingerprint density at radius 2 is 1.66 bits per heavy atom. The largest absolute Gasteiger partial charge is 0.337 e. The minimum absolute atomic E-state index is 0.0870. The average Bonchev–Trinajstić information content (AvgIpc) is 2.75. The van der Waals surface area contributed by atoms with Gasteiger partial charge in [0.1, 0.15) is 5.69 Å². The van der Waals surface area contributed by atoms with Crippen molar-refractivity contribution in [1.82, 2.24) is 24.8 Å². The highest BCUT2D eigenvalue weighted by Crippen LogP contribution is 2.17. The molecule has 148 valence electrons. The van der Waals surface area contributed by atoms with Crippen molar-refractivity contribution in [3.05, 3.63) is 65.7 Å². The number of nitrogens with zero attached hydrogens (tertiary/aromatic N) is 6. The number of hydrogen-bond acceptors (Lipinski definition) is 7.